The molecule has 0 bridgehead atoms. The quantitative estimate of drug-likeness (QED) is 0.916. The summed E-state index contributed by atoms with van der Waals surface area (Å²) in [7, 11) is 0. The Balaban J connectivity index is 2.02. The van der Waals surface area contributed by atoms with E-state index in [0.717, 1.165) is 0 Å². The number of amides is 2. The molecule has 110 valence electrons. The number of hydrogen-bond donors (Lipinski definition) is 2. The second-order valence-electron chi connectivity index (χ2n) is 5.61. The van der Waals surface area contributed by atoms with Gasteiger partial charge < -0.3 is 10.6 Å². The zero-order valence-electron chi connectivity index (χ0n) is 12.1. The van der Waals surface area contributed by atoms with E-state index in [1.807, 2.05) is 20.8 Å². The molecule has 0 aliphatic heterocycles. The van der Waals surface area contributed by atoms with E-state index in [4.69, 9.17) is 0 Å². The van der Waals surface area contributed by atoms with Crippen molar-refractivity contribution in [1.82, 2.24) is 10.3 Å². The lowest BCUT2D eigenvalue weighted by Crippen LogP contribution is -2.40. The maximum absolute atomic E-state index is 12.0. The zero-order valence-corrected chi connectivity index (χ0v) is 13.0. The van der Waals surface area contributed by atoms with Gasteiger partial charge in [0.1, 0.15) is 5.69 Å². The molecule has 6 heteroatoms. The topological polar surface area (TPSA) is 71.1 Å². The Morgan fingerprint density at radius 3 is 2.29 bits per heavy atom. The van der Waals surface area contributed by atoms with Crippen molar-refractivity contribution >= 4 is 28.8 Å². The van der Waals surface area contributed by atoms with Crippen LogP contribution < -0.4 is 10.6 Å². The number of thiazole rings is 1. The third-order valence-electron chi connectivity index (χ3n) is 2.56. The maximum atomic E-state index is 12.0. The van der Waals surface area contributed by atoms with Gasteiger partial charge in [0.2, 0.25) is 0 Å². The Morgan fingerprint density at radius 1 is 1.10 bits per heavy atom. The fourth-order valence-electron chi connectivity index (χ4n) is 1.64. The average molecular weight is 303 g/mol. The Bertz CT molecular complexity index is 628. The second-order valence-corrected chi connectivity index (χ2v) is 6.33. The fraction of sp³-hybridized carbons (Fsp3) is 0.267. The first-order valence-electron chi connectivity index (χ1n) is 6.47. The lowest BCUT2D eigenvalue weighted by Gasteiger charge is -2.20. The van der Waals surface area contributed by atoms with Gasteiger partial charge in [-0.05, 0) is 45.0 Å². The van der Waals surface area contributed by atoms with Crippen LogP contribution in [0.2, 0.25) is 0 Å². The van der Waals surface area contributed by atoms with Crippen molar-refractivity contribution in [3.05, 3.63) is 46.4 Å². The molecule has 0 atom stereocenters. The van der Waals surface area contributed by atoms with E-state index in [1.54, 1.807) is 35.2 Å². The molecule has 2 N–H and O–H groups in total. The van der Waals surface area contributed by atoms with Crippen LogP contribution in [0.4, 0.5) is 5.69 Å². The molecule has 0 aliphatic carbocycles. The zero-order chi connectivity index (χ0) is 15.5. The number of nitrogens with one attached hydrogen (secondary N) is 2. The standard InChI is InChI=1S/C15H17N3O2S/c1-15(2,3)18-13(19)10-4-6-11(7-5-10)17-14(20)12-8-21-9-16-12/h4-9H,1-3H3,(H,17,20)(H,18,19). The molecule has 2 amide bonds. The Labute approximate surface area is 127 Å². The van der Waals surface area contributed by atoms with Crippen LogP contribution in [0.25, 0.3) is 0 Å². The number of aromatic nitrogens is 1. The molecule has 2 rings (SSSR count). The van der Waals surface area contributed by atoms with Crippen molar-refractivity contribution in [2.75, 3.05) is 5.32 Å². The van der Waals surface area contributed by atoms with Gasteiger partial charge in [0.15, 0.2) is 0 Å². The Morgan fingerprint density at radius 2 is 1.76 bits per heavy atom. The van der Waals surface area contributed by atoms with Gasteiger partial charge in [0, 0.05) is 22.2 Å². The van der Waals surface area contributed by atoms with Crippen molar-refractivity contribution in [1.29, 1.82) is 0 Å². The number of hydrogen-bond acceptors (Lipinski definition) is 4. The van der Waals surface area contributed by atoms with Crippen molar-refractivity contribution in [3.8, 4) is 0 Å². The van der Waals surface area contributed by atoms with E-state index >= 15 is 0 Å². The number of nitrogens with zero attached hydrogens (tertiary/aromatic N) is 1. The summed E-state index contributed by atoms with van der Waals surface area (Å²) in [6, 6.07) is 6.75. The summed E-state index contributed by atoms with van der Waals surface area (Å²) in [4.78, 5) is 27.7. The number of carbonyl (C=O) groups excluding carboxylic acids is 2. The molecule has 0 saturated carbocycles. The molecular formula is C15H17N3O2S. The summed E-state index contributed by atoms with van der Waals surface area (Å²) in [5.41, 5.74) is 2.88. The van der Waals surface area contributed by atoms with E-state index in [9.17, 15) is 9.59 Å². The Kier molecular flexibility index (Phi) is 4.37. The summed E-state index contributed by atoms with van der Waals surface area (Å²) >= 11 is 1.37. The summed E-state index contributed by atoms with van der Waals surface area (Å²) in [6.07, 6.45) is 0. The third-order valence-corrected chi connectivity index (χ3v) is 3.14. The maximum Gasteiger partial charge on any atom is 0.275 e. The largest absolute Gasteiger partial charge is 0.347 e. The minimum absolute atomic E-state index is 0.139. The van der Waals surface area contributed by atoms with Crippen molar-refractivity contribution in [3.63, 3.8) is 0 Å². The van der Waals surface area contributed by atoms with Crippen LogP contribution in [0, 0.1) is 0 Å². The van der Waals surface area contributed by atoms with Gasteiger partial charge in [-0.2, -0.15) is 0 Å². The molecule has 0 fully saturated rings. The van der Waals surface area contributed by atoms with Crippen LogP contribution in [0.1, 0.15) is 41.6 Å². The highest BCUT2D eigenvalue weighted by Gasteiger charge is 2.15. The van der Waals surface area contributed by atoms with Crippen LogP contribution in [0.5, 0.6) is 0 Å². The van der Waals surface area contributed by atoms with E-state index < -0.39 is 0 Å². The van der Waals surface area contributed by atoms with Crippen molar-refractivity contribution in [2.24, 2.45) is 0 Å². The van der Waals surface area contributed by atoms with E-state index in [1.165, 1.54) is 11.3 Å². The second kappa shape index (κ2) is 6.05. The molecule has 0 unspecified atom stereocenters. The SMILES string of the molecule is CC(C)(C)NC(=O)c1ccc(NC(=O)c2cscn2)cc1. The van der Waals surface area contributed by atoms with Gasteiger partial charge in [-0.3, -0.25) is 9.59 Å². The smallest absolute Gasteiger partial charge is 0.275 e. The first kappa shape index (κ1) is 15.2. The molecule has 0 radical (unpaired) electrons. The first-order valence-corrected chi connectivity index (χ1v) is 7.41. The normalized spacial score (nSPS) is 11.0. The van der Waals surface area contributed by atoms with E-state index in [2.05, 4.69) is 15.6 Å². The molecule has 0 saturated heterocycles. The molecule has 2 aromatic rings. The lowest BCUT2D eigenvalue weighted by molar-refractivity contribution is 0.0919. The number of benzene rings is 1. The van der Waals surface area contributed by atoms with Crippen LogP contribution in [-0.2, 0) is 0 Å². The predicted molar refractivity (Wildman–Crippen MR) is 83.7 cm³/mol. The predicted octanol–water partition coefficient (Wildman–Crippen LogP) is 2.92. The average Bonchev–Trinajstić information content (AvgIpc) is 2.91. The summed E-state index contributed by atoms with van der Waals surface area (Å²) in [6.45, 7) is 5.77. The first-order chi connectivity index (χ1) is 9.85. The highest BCUT2D eigenvalue weighted by atomic mass is 32.1. The molecule has 5 nitrogen and oxygen atoms in total. The van der Waals surface area contributed by atoms with Gasteiger partial charge in [0.25, 0.3) is 11.8 Å². The monoisotopic (exact) mass is 303 g/mol. The molecule has 1 heterocycles. The molecule has 0 aliphatic rings. The van der Waals surface area contributed by atoms with Gasteiger partial charge in [-0.1, -0.05) is 0 Å². The number of carbonyl (C=O) groups is 2. The molecule has 0 spiro atoms. The lowest BCUT2D eigenvalue weighted by atomic mass is 10.1. The van der Waals surface area contributed by atoms with Crippen molar-refractivity contribution < 1.29 is 9.59 Å². The molecule has 1 aromatic carbocycles. The van der Waals surface area contributed by atoms with E-state index in [-0.39, 0.29) is 17.4 Å². The highest BCUT2D eigenvalue weighted by molar-refractivity contribution is 7.07. The van der Waals surface area contributed by atoms with Gasteiger partial charge in [0.05, 0.1) is 5.51 Å². The molecule has 21 heavy (non-hydrogen) atoms. The molecule has 1 aromatic heterocycles. The van der Waals surface area contributed by atoms with Crippen LogP contribution in [-0.4, -0.2) is 22.3 Å². The summed E-state index contributed by atoms with van der Waals surface area (Å²) in [5, 5.41) is 7.30. The Hall–Kier alpha value is -2.21. The number of rotatable bonds is 3. The van der Waals surface area contributed by atoms with Gasteiger partial charge >= 0.3 is 0 Å². The third kappa shape index (κ3) is 4.39. The van der Waals surface area contributed by atoms with Crippen LogP contribution in [0.15, 0.2) is 35.2 Å². The van der Waals surface area contributed by atoms with Gasteiger partial charge in [-0.15, -0.1) is 11.3 Å². The van der Waals surface area contributed by atoms with Gasteiger partial charge in [-0.25, -0.2) is 4.98 Å². The van der Waals surface area contributed by atoms with Crippen LogP contribution >= 0.6 is 11.3 Å². The highest BCUT2D eigenvalue weighted by Crippen LogP contribution is 2.12. The molecular weight excluding hydrogens is 286 g/mol. The van der Waals surface area contributed by atoms with E-state index in [0.29, 0.717) is 16.9 Å². The minimum Gasteiger partial charge on any atom is -0.347 e. The van der Waals surface area contributed by atoms with Crippen LogP contribution in [0.3, 0.4) is 0 Å². The summed E-state index contributed by atoms with van der Waals surface area (Å²) in [5.74, 6) is -0.400. The van der Waals surface area contributed by atoms with Crippen molar-refractivity contribution in [2.45, 2.75) is 26.3 Å². The summed E-state index contributed by atoms with van der Waals surface area (Å²) < 4.78 is 0. The minimum atomic E-state index is -0.283. The number of anilines is 1. The fourth-order valence-corrected chi connectivity index (χ4v) is 2.17.